The zero-order valence-electron chi connectivity index (χ0n) is 11.2. The summed E-state index contributed by atoms with van der Waals surface area (Å²) in [5.41, 5.74) is 1.70. The summed E-state index contributed by atoms with van der Waals surface area (Å²) in [6, 6.07) is 10.4. The highest BCUT2D eigenvalue weighted by Gasteiger charge is 2.20. The second kappa shape index (κ2) is 5.50. The summed E-state index contributed by atoms with van der Waals surface area (Å²) in [4.78, 5) is 3.08. The van der Waals surface area contributed by atoms with Gasteiger partial charge in [0.2, 0.25) is 0 Å². The second-order valence-electron chi connectivity index (χ2n) is 4.70. The molecule has 108 valence electrons. The van der Waals surface area contributed by atoms with Gasteiger partial charge in [0.25, 0.3) is 0 Å². The van der Waals surface area contributed by atoms with E-state index < -0.39 is 11.9 Å². The van der Waals surface area contributed by atoms with Crippen LogP contribution in [0.25, 0.3) is 10.9 Å². The van der Waals surface area contributed by atoms with Crippen LogP contribution in [0.5, 0.6) is 5.75 Å². The van der Waals surface area contributed by atoms with Crippen LogP contribution in [0, 0.1) is 5.82 Å². The molecule has 1 heterocycles. The van der Waals surface area contributed by atoms with Gasteiger partial charge in [0.05, 0.1) is 7.11 Å². The van der Waals surface area contributed by atoms with Crippen molar-refractivity contribution in [3.8, 4) is 5.75 Å². The maximum atomic E-state index is 14.3. The van der Waals surface area contributed by atoms with Gasteiger partial charge < -0.3 is 14.8 Å². The molecule has 0 aliphatic carbocycles. The molecule has 0 spiro atoms. The van der Waals surface area contributed by atoms with E-state index in [4.69, 9.17) is 4.74 Å². The monoisotopic (exact) mass is 349 g/mol. The SMILES string of the molecule is COc1cccc(C(O)c2c[nH]c3ccc(Br)cc23)c1F. The van der Waals surface area contributed by atoms with Gasteiger partial charge in [0, 0.05) is 32.7 Å². The number of aliphatic hydroxyl groups is 1. The molecule has 0 fully saturated rings. The fourth-order valence-corrected chi connectivity index (χ4v) is 2.77. The van der Waals surface area contributed by atoms with Gasteiger partial charge >= 0.3 is 0 Å². The smallest absolute Gasteiger partial charge is 0.171 e. The molecule has 2 aromatic carbocycles. The summed E-state index contributed by atoms with van der Waals surface area (Å²) in [6.45, 7) is 0. The summed E-state index contributed by atoms with van der Waals surface area (Å²) in [7, 11) is 1.40. The Morgan fingerprint density at radius 3 is 2.81 bits per heavy atom. The Bertz CT molecular complexity index is 800. The van der Waals surface area contributed by atoms with E-state index in [1.807, 2.05) is 18.2 Å². The van der Waals surface area contributed by atoms with Crippen LogP contribution in [-0.2, 0) is 0 Å². The number of methoxy groups -OCH3 is 1. The van der Waals surface area contributed by atoms with Crippen molar-refractivity contribution in [3.63, 3.8) is 0 Å². The molecule has 0 saturated heterocycles. The molecular weight excluding hydrogens is 337 g/mol. The zero-order valence-corrected chi connectivity index (χ0v) is 12.8. The minimum absolute atomic E-state index is 0.118. The van der Waals surface area contributed by atoms with E-state index in [1.165, 1.54) is 13.2 Å². The van der Waals surface area contributed by atoms with Crippen molar-refractivity contribution in [2.75, 3.05) is 7.11 Å². The quantitative estimate of drug-likeness (QED) is 0.745. The first kappa shape index (κ1) is 14.1. The lowest BCUT2D eigenvalue weighted by molar-refractivity contribution is 0.215. The summed E-state index contributed by atoms with van der Waals surface area (Å²) in [5, 5.41) is 11.4. The number of aliphatic hydroxyl groups excluding tert-OH is 1. The van der Waals surface area contributed by atoms with Gasteiger partial charge in [-0.2, -0.15) is 0 Å². The lowest BCUT2D eigenvalue weighted by Crippen LogP contribution is -2.03. The number of H-pyrrole nitrogens is 1. The van der Waals surface area contributed by atoms with Crippen molar-refractivity contribution >= 4 is 26.8 Å². The molecule has 3 rings (SSSR count). The van der Waals surface area contributed by atoms with Crippen LogP contribution < -0.4 is 4.74 Å². The third kappa shape index (κ3) is 2.43. The van der Waals surface area contributed by atoms with Crippen LogP contribution >= 0.6 is 15.9 Å². The van der Waals surface area contributed by atoms with Gasteiger partial charge in [-0.05, 0) is 24.3 Å². The van der Waals surface area contributed by atoms with E-state index in [0.29, 0.717) is 5.56 Å². The fraction of sp³-hybridized carbons (Fsp3) is 0.125. The number of hydrogen-bond donors (Lipinski definition) is 2. The van der Waals surface area contributed by atoms with Crippen LogP contribution in [0.2, 0.25) is 0 Å². The lowest BCUT2D eigenvalue weighted by atomic mass is 10.00. The first-order valence-electron chi connectivity index (χ1n) is 6.39. The van der Waals surface area contributed by atoms with E-state index in [9.17, 15) is 9.50 Å². The number of benzene rings is 2. The molecule has 0 aliphatic rings. The third-order valence-electron chi connectivity index (χ3n) is 3.48. The molecule has 0 saturated carbocycles. The van der Waals surface area contributed by atoms with Gasteiger partial charge in [-0.25, -0.2) is 4.39 Å². The van der Waals surface area contributed by atoms with Crippen molar-refractivity contribution in [2.45, 2.75) is 6.10 Å². The fourth-order valence-electron chi connectivity index (χ4n) is 2.40. The minimum atomic E-state index is -1.07. The highest BCUT2D eigenvalue weighted by atomic mass is 79.9. The molecule has 1 atom stereocenters. The maximum Gasteiger partial charge on any atom is 0.171 e. The summed E-state index contributed by atoms with van der Waals surface area (Å²) >= 11 is 3.40. The van der Waals surface area contributed by atoms with Gasteiger partial charge in [0.15, 0.2) is 11.6 Å². The van der Waals surface area contributed by atoms with Gasteiger partial charge in [-0.3, -0.25) is 0 Å². The number of aromatic amines is 1. The molecule has 5 heteroatoms. The highest BCUT2D eigenvalue weighted by Crippen LogP contribution is 2.33. The Kier molecular flexibility index (Phi) is 3.69. The third-order valence-corrected chi connectivity index (χ3v) is 3.97. The number of hydrogen-bond acceptors (Lipinski definition) is 2. The minimum Gasteiger partial charge on any atom is -0.494 e. The predicted molar refractivity (Wildman–Crippen MR) is 83.0 cm³/mol. The van der Waals surface area contributed by atoms with Gasteiger partial charge in [-0.1, -0.05) is 28.1 Å². The molecule has 21 heavy (non-hydrogen) atoms. The van der Waals surface area contributed by atoms with Crippen molar-refractivity contribution in [1.29, 1.82) is 0 Å². The molecular formula is C16H13BrFNO2. The van der Waals surface area contributed by atoms with Crippen LogP contribution in [0.15, 0.2) is 47.1 Å². The van der Waals surface area contributed by atoms with E-state index in [1.54, 1.807) is 18.3 Å². The summed E-state index contributed by atoms with van der Waals surface area (Å²) < 4.78 is 20.1. The lowest BCUT2D eigenvalue weighted by Gasteiger charge is -2.13. The molecule has 0 aliphatic heterocycles. The van der Waals surface area contributed by atoms with Crippen LogP contribution in [0.1, 0.15) is 17.2 Å². The van der Waals surface area contributed by atoms with E-state index >= 15 is 0 Å². The number of halogens is 2. The van der Waals surface area contributed by atoms with Crippen LogP contribution in [0.4, 0.5) is 4.39 Å². The largest absolute Gasteiger partial charge is 0.494 e. The van der Waals surface area contributed by atoms with E-state index in [0.717, 1.165) is 15.4 Å². The van der Waals surface area contributed by atoms with Crippen molar-refractivity contribution in [2.24, 2.45) is 0 Å². The highest BCUT2D eigenvalue weighted by molar-refractivity contribution is 9.10. The van der Waals surface area contributed by atoms with E-state index in [2.05, 4.69) is 20.9 Å². The second-order valence-corrected chi connectivity index (χ2v) is 5.62. The average molecular weight is 350 g/mol. The van der Waals surface area contributed by atoms with Crippen LogP contribution in [0.3, 0.4) is 0 Å². The molecule has 0 amide bonds. The van der Waals surface area contributed by atoms with Crippen molar-refractivity contribution < 1.29 is 14.2 Å². The first-order chi connectivity index (χ1) is 10.1. The molecule has 3 aromatic rings. The molecule has 1 aromatic heterocycles. The van der Waals surface area contributed by atoms with Crippen molar-refractivity contribution in [3.05, 3.63) is 64.0 Å². The number of fused-ring (bicyclic) bond motifs is 1. The number of aromatic nitrogens is 1. The Hall–Kier alpha value is -1.85. The summed E-state index contributed by atoms with van der Waals surface area (Å²) in [6.07, 6.45) is 0.629. The zero-order chi connectivity index (χ0) is 15.0. The molecule has 1 unspecified atom stereocenters. The summed E-state index contributed by atoms with van der Waals surface area (Å²) in [5.74, 6) is -0.426. The van der Waals surface area contributed by atoms with Crippen molar-refractivity contribution in [1.82, 2.24) is 4.98 Å². The number of rotatable bonds is 3. The van der Waals surface area contributed by atoms with Crippen LogP contribution in [-0.4, -0.2) is 17.2 Å². The Morgan fingerprint density at radius 1 is 1.24 bits per heavy atom. The van der Waals surface area contributed by atoms with Gasteiger partial charge in [-0.15, -0.1) is 0 Å². The molecule has 3 nitrogen and oxygen atoms in total. The molecule has 2 N–H and O–H groups in total. The standard InChI is InChI=1S/C16H13BrFNO2/c1-21-14-4-2-3-10(15(14)18)16(20)12-8-19-13-6-5-9(17)7-11(12)13/h2-8,16,19-20H,1H3. The Balaban J connectivity index is 2.12. The maximum absolute atomic E-state index is 14.3. The van der Waals surface area contributed by atoms with E-state index in [-0.39, 0.29) is 11.3 Å². The molecule has 0 radical (unpaired) electrons. The first-order valence-corrected chi connectivity index (χ1v) is 7.18. The Labute approximate surface area is 129 Å². The predicted octanol–water partition coefficient (Wildman–Crippen LogP) is 4.16. The average Bonchev–Trinajstić information content (AvgIpc) is 2.89. The van der Waals surface area contributed by atoms with Gasteiger partial charge in [0.1, 0.15) is 6.10 Å². The number of nitrogens with one attached hydrogen (secondary N) is 1. The molecule has 0 bridgehead atoms. The number of ether oxygens (including phenoxy) is 1. The normalized spacial score (nSPS) is 12.6. The topological polar surface area (TPSA) is 45.2 Å². The Morgan fingerprint density at radius 2 is 2.05 bits per heavy atom.